The molecule has 0 aliphatic carbocycles. The molecule has 0 rings (SSSR count). The van der Waals surface area contributed by atoms with E-state index in [0.29, 0.717) is 6.42 Å². The summed E-state index contributed by atoms with van der Waals surface area (Å²) in [5.41, 5.74) is 5.39. The largest absolute Gasteiger partial charge is 0.458 e. The second-order valence-electron chi connectivity index (χ2n) is 10.9. The molecule has 0 heterocycles. The highest BCUT2D eigenvalue weighted by atomic mass is 16.5. The van der Waals surface area contributed by atoms with Gasteiger partial charge in [-0.05, 0) is 79.7 Å². The van der Waals surface area contributed by atoms with Gasteiger partial charge in [-0.3, -0.25) is 4.79 Å². The lowest BCUT2D eigenvalue weighted by Crippen LogP contribution is -2.16. The minimum atomic E-state index is -0.157. The van der Waals surface area contributed by atoms with Crippen LogP contribution in [0.5, 0.6) is 0 Å². The summed E-state index contributed by atoms with van der Waals surface area (Å²) >= 11 is 0. The first kappa shape index (κ1) is 33.4. The first-order valence-corrected chi connectivity index (χ1v) is 14.5. The van der Waals surface area contributed by atoms with Crippen LogP contribution in [-0.2, 0) is 9.53 Å². The van der Waals surface area contributed by atoms with Crippen molar-refractivity contribution in [2.45, 2.75) is 157 Å². The van der Waals surface area contributed by atoms with E-state index in [4.69, 9.17) is 4.74 Å². The zero-order valence-corrected chi connectivity index (χ0v) is 24.5. The third-order valence-electron chi connectivity index (χ3n) is 6.37. The summed E-state index contributed by atoms with van der Waals surface area (Å²) in [7, 11) is 0. The van der Waals surface area contributed by atoms with Gasteiger partial charge < -0.3 is 4.74 Å². The molecule has 2 nitrogen and oxygen atoms in total. The molecule has 2 heteroatoms. The number of unbranched alkanes of at least 4 members (excludes halogenated alkanes) is 9. The molecule has 0 aromatic heterocycles. The molecule has 0 radical (unpaired) electrons. The van der Waals surface area contributed by atoms with Gasteiger partial charge in [0.15, 0.2) is 0 Å². The van der Waals surface area contributed by atoms with Crippen LogP contribution in [0.3, 0.4) is 0 Å². The van der Waals surface area contributed by atoms with Crippen LogP contribution >= 0.6 is 0 Å². The highest BCUT2D eigenvalue weighted by Crippen LogP contribution is 2.16. The fraction of sp³-hybridized carbons (Fsp3) is 0.727. The van der Waals surface area contributed by atoms with Gasteiger partial charge in [0.2, 0.25) is 0 Å². The number of allylic oxidation sites excluding steroid dienone is 6. The Hall–Kier alpha value is -1.57. The van der Waals surface area contributed by atoms with E-state index in [2.05, 4.69) is 72.8 Å². The minimum Gasteiger partial charge on any atom is -0.458 e. The molecule has 0 saturated heterocycles. The summed E-state index contributed by atoms with van der Waals surface area (Å²) in [6.07, 6.45) is 27.1. The Morgan fingerprint density at radius 3 is 1.63 bits per heavy atom. The monoisotopic (exact) mass is 486 g/mol. The van der Waals surface area contributed by atoms with Gasteiger partial charge in [-0.2, -0.15) is 0 Å². The van der Waals surface area contributed by atoms with Crippen LogP contribution in [0, 0.1) is 0 Å². The van der Waals surface area contributed by atoms with Crippen LogP contribution in [-0.4, -0.2) is 12.1 Å². The quantitative estimate of drug-likeness (QED) is 0.0915. The lowest BCUT2D eigenvalue weighted by Gasteiger charge is -2.15. The fourth-order valence-corrected chi connectivity index (χ4v) is 4.13. The van der Waals surface area contributed by atoms with Gasteiger partial charge in [0.05, 0.1) is 0 Å². The second-order valence-corrected chi connectivity index (χ2v) is 10.9. The fourth-order valence-electron chi connectivity index (χ4n) is 4.13. The predicted octanol–water partition coefficient (Wildman–Crippen LogP) is 11.0. The Labute approximate surface area is 219 Å². The van der Waals surface area contributed by atoms with Gasteiger partial charge >= 0.3 is 5.97 Å². The van der Waals surface area contributed by atoms with Gasteiger partial charge in [-0.15, -0.1) is 0 Å². The topological polar surface area (TPSA) is 26.3 Å². The molecule has 1 unspecified atom stereocenters. The predicted molar refractivity (Wildman–Crippen MR) is 156 cm³/mol. The van der Waals surface area contributed by atoms with Gasteiger partial charge in [0, 0.05) is 12.8 Å². The Morgan fingerprint density at radius 1 is 0.629 bits per heavy atom. The summed E-state index contributed by atoms with van der Waals surface area (Å²) in [4.78, 5) is 12.6. The molecule has 0 amide bonds. The number of hydrogen-bond acceptors (Lipinski definition) is 2. The maximum absolute atomic E-state index is 12.6. The van der Waals surface area contributed by atoms with E-state index < -0.39 is 0 Å². The third kappa shape index (κ3) is 23.9. The number of ether oxygens (including phenoxy) is 1. The molecule has 0 N–H and O–H groups in total. The van der Waals surface area contributed by atoms with Crippen LogP contribution in [0.15, 0.2) is 46.6 Å². The van der Waals surface area contributed by atoms with E-state index >= 15 is 0 Å². The number of hydrogen-bond donors (Lipinski definition) is 0. The molecule has 0 bridgehead atoms. The summed E-state index contributed by atoms with van der Waals surface area (Å²) in [5, 5.41) is 0. The van der Waals surface area contributed by atoms with Crippen molar-refractivity contribution in [2.75, 3.05) is 0 Å². The van der Waals surface area contributed by atoms with E-state index in [1.165, 1.54) is 73.7 Å². The first-order valence-electron chi connectivity index (χ1n) is 14.5. The SMILES string of the molecule is CCCCCCCCCCCCC(=O)OC(C=C(C)CCC=C(C)C)CC=C(C)CCC=C(C)C. The molecule has 0 fully saturated rings. The Balaban J connectivity index is 4.57. The van der Waals surface area contributed by atoms with E-state index in [9.17, 15) is 4.79 Å². The molecule has 0 aromatic carbocycles. The molecule has 1 atom stereocenters. The van der Waals surface area contributed by atoms with Crippen LogP contribution < -0.4 is 0 Å². The number of esters is 1. The van der Waals surface area contributed by atoms with Crippen molar-refractivity contribution in [3.05, 3.63) is 46.6 Å². The van der Waals surface area contributed by atoms with Crippen molar-refractivity contribution in [3.63, 3.8) is 0 Å². The molecule has 202 valence electrons. The highest BCUT2D eigenvalue weighted by Gasteiger charge is 2.12. The average Bonchev–Trinajstić information content (AvgIpc) is 2.78. The zero-order chi connectivity index (χ0) is 26.3. The van der Waals surface area contributed by atoms with Crippen molar-refractivity contribution in [1.29, 1.82) is 0 Å². The van der Waals surface area contributed by atoms with Crippen molar-refractivity contribution < 1.29 is 9.53 Å². The van der Waals surface area contributed by atoms with Crippen LogP contribution in [0.1, 0.15) is 151 Å². The lowest BCUT2D eigenvalue weighted by molar-refractivity contribution is -0.146. The van der Waals surface area contributed by atoms with Gasteiger partial charge in [-0.25, -0.2) is 0 Å². The van der Waals surface area contributed by atoms with Gasteiger partial charge in [0.1, 0.15) is 6.10 Å². The molecule has 35 heavy (non-hydrogen) atoms. The number of rotatable bonds is 21. The summed E-state index contributed by atoms with van der Waals surface area (Å²) in [6, 6.07) is 0. The summed E-state index contributed by atoms with van der Waals surface area (Å²) in [5.74, 6) is -0.0430. The molecule has 0 aliphatic heterocycles. The normalized spacial score (nSPS) is 12.9. The maximum atomic E-state index is 12.6. The molecular weight excluding hydrogens is 428 g/mol. The van der Waals surface area contributed by atoms with Gasteiger partial charge in [-0.1, -0.05) is 105 Å². The third-order valence-corrected chi connectivity index (χ3v) is 6.37. The standard InChI is InChI=1S/C33H58O2/c1-8-9-10-11-12-13-14-15-16-17-24-33(34)35-32(27-31(7)23-19-21-29(4)5)26-25-30(6)22-18-20-28(2)3/h20-21,25,27,32H,8-19,22-24,26H2,1-7H3. The molecular formula is C33H58O2. The van der Waals surface area contributed by atoms with Crippen LogP contribution in [0.2, 0.25) is 0 Å². The molecule has 0 saturated carbocycles. The Morgan fingerprint density at radius 2 is 1.11 bits per heavy atom. The van der Waals surface area contributed by atoms with E-state index in [1.54, 1.807) is 0 Å². The highest BCUT2D eigenvalue weighted by molar-refractivity contribution is 5.69. The van der Waals surface area contributed by atoms with E-state index in [0.717, 1.165) is 44.9 Å². The van der Waals surface area contributed by atoms with Crippen LogP contribution in [0.25, 0.3) is 0 Å². The van der Waals surface area contributed by atoms with Crippen LogP contribution in [0.4, 0.5) is 0 Å². The van der Waals surface area contributed by atoms with Crippen molar-refractivity contribution >= 4 is 5.97 Å². The first-order chi connectivity index (χ1) is 16.7. The van der Waals surface area contributed by atoms with Crippen molar-refractivity contribution in [3.8, 4) is 0 Å². The van der Waals surface area contributed by atoms with Crippen molar-refractivity contribution in [2.24, 2.45) is 0 Å². The molecule has 0 spiro atoms. The van der Waals surface area contributed by atoms with Crippen molar-refractivity contribution in [1.82, 2.24) is 0 Å². The Kier molecular flexibility index (Phi) is 21.8. The summed E-state index contributed by atoms with van der Waals surface area (Å²) in [6.45, 7) is 15.2. The molecule has 0 aliphatic rings. The van der Waals surface area contributed by atoms with E-state index in [-0.39, 0.29) is 12.1 Å². The number of carbonyl (C=O) groups is 1. The maximum Gasteiger partial charge on any atom is 0.306 e. The van der Waals surface area contributed by atoms with Gasteiger partial charge in [0.25, 0.3) is 0 Å². The zero-order valence-electron chi connectivity index (χ0n) is 24.5. The second kappa shape index (κ2) is 22.9. The lowest BCUT2D eigenvalue weighted by atomic mass is 10.0. The molecule has 0 aromatic rings. The average molecular weight is 487 g/mol. The minimum absolute atomic E-state index is 0.0430. The smallest absolute Gasteiger partial charge is 0.306 e. The number of carbonyl (C=O) groups excluding carboxylic acids is 1. The summed E-state index contributed by atoms with van der Waals surface area (Å²) < 4.78 is 5.94. The van der Waals surface area contributed by atoms with E-state index in [1.807, 2.05) is 0 Å². The Bertz CT molecular complexity index is 655.